The second-order valence-corrected chi connectivity index (χ2v) is 7.79. The minimum absolute atomic E-state index is 0.119. The molecule has 1 fully saturated rings. The number of halogens is 1. The van der Waals surface area contributed by atoms with Crippen LogP contribution in [0.3, 0.4) is 0 Å². The molecule has 0 aromatic heterocycles. The molecule has 0 bridgehead atoms. The van der Waals surface area contributed by atoms with Crippen LogP contribution in [-0.4, -0.2) is 53.9 Å². The molecule has 0 aliphatic carbocycles. The first-order valence-electron chi connectivity index (χ1n) is 7.54. The number of nitrogens with zero attached hydrogens (tertiary/aromatic N) is 2. The highest BCUT2D eigenvalue weighted by Gasteiger charge is 2.28. The molecule has 0 atom stereocenters. The van der Waals surface area contributed by atoms with Gasteiger partial charge in [-0.15, -0.1) is 0 Å². The lowest BCUT2D eigenvalue weighted by atomic mass is 10.2. The van der Waals surface area contributed by atoms with Crippen LogP contribution in [0.1, 0.15) is 13.8 Å². The monoisotopic (exact) mass is 338 g/mol. The summed E-state index contributed by atoms with van der Waals surface area (Å²) in [6, 6.07) is 5.70. The lowest BCUT2D eigenvalue weighted by molar-refractivity contribution is -0.115. The Labute approximate surface area is 140 Å². The fourth-order valence-electron chi connectivity index (χ4n) is 2.43. The fraction of sp³-hybridized carbons (Fsp3) is 0.500. The van der Waals surface area contributed by atoms with Crippen LogP contribution < -0.4 is 10.6 Å². The summed E-state index contributed by atoms with van der Waals surface area (Å²) in [7, 11) is 1.72. The number of rotatable bonds is 3. The molecule has 1 aromatic carbocycles. The van der Waals surface area contributed by atoms with E-state index in [2.05, 4.69) is 34.4 Å². The van der Waals surface area contributed by atoms with E-state index in [1.54, 1.807) is 7.05 Å². The van der Waals surface area contributed by atoms with Gasteiger partial charge in [0.05, 0.1) is 6.54 Å². The first-order valence-corrected chi connectivity index (χ1v) is 8.53. The Morgan fingerprint density at radius 2 is 2.09 bits per heavy atom. The number of anilines is 1. The molecule has 5 nitrogen and oxygen atoms in total. The molecule has 0 saturated carbocycles. The highest BCUT2D eigenvalue weighted by molar-refractivity contribution is 8.00. The van der Waals surface area contributed by atoms with Crippen molar-refractivity contribution in [2.75, 3.05) is 37.8 Å². The van der Waals surface area contributed by atoms with Gasteiger partial charge in [0.2, 0.25) is 5.91 Å². The molecule has 126 valence electrons. The minimum atomic E-state index is -0.327. The molecule has 7 heteroatoms. The fourth-order valence-corrected chi connectivity index (χ4v) is 3.54. The molecule has 1 aliphatic rings. The quantitative estimate of drug-likeness (QED) is 0.655. The number of amides is 1. The van der Waals surface area contributed by atoms with Gasteiger partial charge < -0.3 is 15.5 Å². The lowest BCUT2D eigenvalue weighted by Crippen LogP contribution is -2.52. The maximum absolute atomic E-state index is 12.8. The molecule has 23 heavy (non-hydrogen) atoms. The zero-order valence-electron chi connectivity index (χ0n) is 13.7. The van der Waals surface area contributed by atoms with Gasteiger partial charge in [-0.25, -0.2) is 4.39 Å². The number of hydrogen-bond donors (Lipinski definition) is 2. The van der Waals surface area contributed by atoms with Crippen molar-refractivity contribution in [3.8, 4) is 0 Å². The molecule has 0 unspecified atom stereocenters. The third-order valence-electron chi connectivity index (χ3n) is 3.47. The zero-order chi connectivity index (χ0) is 16.9. The molecule has 1 heterocycles. The van der Waals surface area contributed by atoms with E-state index in [4.69, 9.17) is 0 Å². The van der Waals surface area contributed by atoms with Gasteiger partial charge in [-0.1, -0.05) is 0 Å². The summed E-state index contributed by atoms with van der Waals surface area (Å²) in [6.07, 6.45) is 0. The molecular formula is C16H23FN4OS. The average Bonchev–Trinajstić information content (AvgIpc) is 2.49. The summed E-state index contributed by atoms with van der Waals surface area (Å²) in [6.45, 7) is 6.33. The van der Waals surface area contributed by atoms with Crippen molar-refractivity contribution >= 4 is 29.3 Å². The van der Waals surface area contributed by atoms with E-state index in [1.807, 2.05) is 11.8 Å². The SMILES string of the molecule is CN=C(NCC(=O)Nc1ccc(F)cc1)N1CCSC(C)(C)C1. The third kappa shape index (κ3) is 5.42. The van der Waals surface area contributed by atoms with Gasteiger partial charge in [0.25, 0.3) is 0 Å². The topological polar surface area (TPSA) is 56.7 Å². The second kappa shape index (κ2) is 7.68. The van der Waals surface area contributed by atoms with E-state index in [0.717, 1.165) is 24.8 Å². The van der Waals surface area contributed by atoms with Crippen molar-refractivity contribution in [1.29, 1.82) is 0 Å². The Kier molecular flexibility index (Phi) is 5.87. The first kappa shape index (κ1) is 17.6. The van der Waals surface area contributed by atoms with Gasteiger partial charge in [0.1, 0.15) is 5.82 Å². The van der Waals surface area contributed by atoms with Crippen LogP contribution in [0.2, 0.25) is 0 Å². The summed E-state index contributed by atoms with van der Waals surface area (Å²) in [5.74, 6) is 1.25. The Hall–Kier alpha value is -1.76. The van der Waals surface area contributed by atoms with Gasteiger partial charge >= 0.3 is 0 Å². The zero-order valence-corrected chi connectivity index (χ0v) is 14.5. The molecule has 1 amide bonds. The number of aliphatic imine (C=N–C) groups is 1. The van der Waals surface area contributed by atoms with Gasteiger partial charge in [-0.05, 0) is 38.1 Å². The van der Waals surface area contributed by atoms with Gasteiger partial charge in [-0.3, -0.25) is 9.79 Å². The van der Waals surface area contributed by atoms with E-state index in [9.17, 15) is 9.18 Å². The number of nitrogens with one attached hydrogen (secondary N) is 2. The van der Waals surface area contributed by atoms with Crippen LogP contribution in [0.15, 0.2) is 29.3 Å². The summed E-state index contributed by atoms with van der Waals surface area (Å²) >= 11 is 1.94. The Balaban J connectivity index is 1.85. The van der Waals surface area contributed by atoms with Crippen molar-refractivity contribution < 1.29 is 9.18 Å². The number of carbonyl (C=O) groups excluding carboxylic acids is 1. The Morgan fingerprint density at radius 3 is 2.70 bits per heavy atom. The van der Waals surface area contributed by atoms with Crippen LogP contribution in [-0.2, 0) is 4.79 Å². The predicted octanol–water partition coefficient (Wildman–Crippen LogP) is 2.17. The summed E-state index contributed by atoms with van der Waals surface area (Å²) in [5.41, 5.74) is 0.573. The summed E-state index contributed by atoms with van der Waals surface area (Å²) < 4.78 is 13.0. The molecule has 2 rings (SSSR count). The maximum atomic E-state index is 12.8. The summed E-state index contributed by atoms with van der Waals surface area (Å²) in [5, 5.41) is 5.81. The standard InChI is InChI=1S/C16H23FN4OS/c1-16(2)11-21(8-9-23-16)15(18-3)19-10-14(22)20-13-6-4-12(17)5-7-13/h4-7H,8-11H2,1-3H3,(H,18,19)(H,20,22). The number of guanidine groups is 1. The highest BCUT2D eigenvalue weighted by Crippen LogP contribution is 2.29. The smallest absolute Gasteiger partial charge is 0.243 e. The van der Waals surface area contributed by atoms with Gasteiger partial charge in [0.15, 0.2) is 5.96 Å². The molecule has 0 spiro atoms. The molecule has 1 aromatic rings. The molecule has 0 radical (unpaired) electrons. The van der Waals surface area contributed by atoms with E-state index in [1.165, 1.54) is 24.3 Å². The van der Waals surface area contributed by atoms with E-state index in [-0.39, 0.29) is 23.0 Å². The Bertz CT molecular complexity index is 574. The van der Waals surface area contributed by atoms with Crippen LogP contribution >= 0.6 is 11.8 Å². The summed E-state index contributed by atoms with van der Waals surface area (Å²) in [4.78, 5) is 18.4. The van der Waals surface area contributed by atoms with Crippen LogP contribution in [0.4, 0.5) is 10.1 Å². The highest BCUT2D eigenvalue weighted by atomic mass is 32.2. The van der Waals surface area contributed by atoms with Crippen LogP contribution in [0.5, 0.6) is 0 Å². The lowest BCUT2D eigenvalue weighted by Gasteiger charge is -2.39. The number of carbonyl (C=O) groups is 1. The number of thioether (sulfide) groups is 1. The molecule has 1 aliphatic heterocycles. The average molecular weight is 338 g/mol. The van der Waals surface area contributed by atoms with Crippen molar-refractivity contribution in [2.24, 2.45) is 4.99 Å². The maximum Gasteiger partial charge on any atom is 0.243 e. The van der Waals surface area contributed by atoms with E-state index < -0.39 is 0 Å². The van der Waals surface area contributed by atoms with Crippen molar-refractivity contribution in [1.82, 2.24) is 10.2 Å². The van der Waals surface area contributed by atoms with E-state index in [0.29, 0.717) is 5.69 Å². The predicted molar refractivity (Wildman–Crippen MR) is 94.5 cm³/mol. The van der Waals surface area contributed by atoms with E-state index >= 15 is 0 Å². The second-order valence-electron chi connectivity index (χ2n) is 5.99. The van der Waals surface area contributed by atoms with Crippen LogP contribution in [0.25, 0.3) is 0 Å². The van der Waals surface area contributed by atoms with Gasteiger partial charge in [-0.2, -0.15) is 11.8 Å². The largest absolute Gasteiger partial charge is 0.347 e. The van der Waals surface area contributed by atoms with Crippen LogP contribution in [0, 0.1) is 5.82 Å². The van der Waals surface area contributed by atoms with Gasteiger partial charge in [0, 0.05) is 36.3 Å². The molecular weight excluding hydrogens is 315 g/mol. The van der Waals surface area contributed by atoms with Crippen molar-refractivity contribution in [3.05, 3.63) is 30.1 Å². The molecule has 2 N–H and O–H groups in total. The Morgan fingerprint density at radius 1 is 1.39 bits per heavy atom. The first-order chi connectivity index (χ1) is 10.9. The van der Waals surface area contributed by atoms with Crippen molar-refractivity contribution in [3.63, 3.8) is 0 Å². The molecule has 1 saturated heterocycles. The van der Waals surface area contributed by atoms with Crippen molar-refractivity contribution in [2.45, 2.75) is 18.6 Å². The third-order valence-corrected chi connectivity index (χ3v) is 4.77. The normalized spacial score (nSPS) is 17.7. The number of benzene rings is 1. The minimum Gasteiger partial charge on any atom is -0.347 e. The number of hydrogen-bond acceptors (Lipinski definition) is 3.